The average molecular weight is 803 g/mol. The van der Waals surface area contributed by atoms with Crippen molar-refractivity contribution in [3.8, 4) is 0 Å². The summed E-state index contributed by atoms with van der Waals surface area (Å²) in [5.74, 6) is 0.647. The molecule has 9 rings (SSSR count). The molecule has 4 fully saturated rings. The van der Waals surface area contributed by atoms with E-state index in [1.54, 1.807) is 40.9 Å². The number of nitrogens with one attached hydrogen (secondary N) is 2. The fraction of sp³-hybridized carbons (Fsp3) is 0.419. The third-order valence-electron chi connectivity index (χ3n) is 12.5. The minimum atomic E-state index is -0.878. The molecule has 304 valence electrons. The summed E-state index contributed by atoms with van der Waals surface area (Å²) in [6.45, 7) is 3.94. The Labute approximate surface area is 338 Å². The van der Waals surface area contributed by atoms with Crippen molar-refractivity contribution in [2.24, 2.45) is 5.92 Å². The molecule has 2 aromatic carbocycles. The number of anilines is 3. The standard InChI is InChI=1S/C43H44F2N10O4/c44-34-20-31(21-35(45)40(34)32-7-6-29(24-56)47-38(32)25-57)51-15-8-27(9-16-51)43(59)53-17-10-30(11-18-53)55-23-28-19-37(39(22-36(28)50-55)52-12-2-1-3-13-52)48-42(58)33-5-4-14-54-26-46-49-41(33)54/h4-5,14,19-23,26-27,30,32,47H,1-3,6-13,15-18H2,(H,48,58). The first-order valence-corrected chi connectivity index (χ1v) is 20.4. The van der Waals surface area contributed by atoms with E-state index in [-0.39, 0.29) is 53.6 Å². The van der Waals surface area contributed by atoms with E-state index in [4.69, 9.17) is 5.10 Å². The third kappa shape index (κ3) is 7.45. The number of nitrogens with zero attached hydrogens (tertiary/aromatic N) is 8. The van der Waals surface area contributed by atoms with Crippen LogP contribution in [-0.2, 0) is 14.4 Å². The van der Waals surface area contributed by atoms with Gasteiger partial charge in [0.1, 0.15) is 41.2 Å². The normalized spacial score (nSPS) is 19.5. The maximum Gasteiger partial charge on any atom is 0.259 e. The number of likely N-dealkylation sites (tertiary alicyclic amines) is 1. The van der Waals surface area contributed by atoms with Crippen LogP contribution in [0.4, 0.5) is 25.8 Å². The number of amides is 2. The molecule has 4 aliphatic heterocycles. The maximum atomic E-state index is 15.4. The predicted octanol–water partition coefficient (Wildman–Crippen LogP) is 5.58. The summed E-state index contributed by atoms with van der Waals surface area (Å²) in [5, 5.41) is 19.8. The zero-order valence-corrected chi connectivity index (χ0v) is 32.5. The number of aromatic nitrogens is 5. The van der Waals surface area contributed by atoms with E-state index in [0.29, 0.717) is 55.9 Å². The van der Waals surface area contributed by atoms with Gasteiger partial charge in [0.05, 0.1) is 28.5 Å². The van der Waals surface area contributed by atoms with Gasteiger partial charge in [-0.05, 0) is 94.2 Å². The van der Waals surface area contributed by atoms with Crippen LogP contribution in [0.1, 0.15) is 85.7 Å². The van der Waals surface area contributed by atoms with Gasteiger partial charge in [0.15, 0.2) is 5.65 Å². The molecule has 0 bridgehead atoms. The third-order valence-corrected chi connectivity index (χ3v) is 12.5. The number of halogens is 2. The lowest BCUT2D eigenvalue weighted by atomic mass is 9.87. The number of hydrogen-bond donors (Lipinski definition) is 2. The van der Waals surface area contributed by atoms with Gasteiger partial charge in [-0.2, -0.15) is 5.10 Å². The van der Waals surface area contributed by atoms with Crippen LogP contribution in [0.5, 0.6) is 0 Å². The summed E-state index contributed by atoms with van der Waals surface area (Å²) in [6, 6.07) is 10.3. The van der Waals surface area contributed by atoms with Gasteiger partial charge in [-0.15, -0.1) is 10.2 Å². The summed E-state index contributed by atoms with van der Waals surface area (Å²) in [7, 11) is 0. The first kappa shape index (κ1) is 38.2. The molecule has 7 heterocycles. The van der Waals surface area contributed by atoms with Gasteiger partial charge in [0, 0.05) is 80.1 Å². The Hall–Kier alpha value is -6.37. The molecule has 0 spiro atoms. The fourth-order valence-electron chi connectivity index (χ4n) is 9.27. The summed E-state index contributed by atoms with van der Waals surface area (Å²) in [4.78, 5) is 56.1. The highest BCUT2D eigenvalue weighted by Crippen LogP contribution is 2.38. The zero-order chi connectivity index (χ0) is 40.6. The van der Waals surface area contributed by atoms with E-state index in [1.165, 1.54) is 18.6 Å². The first-order valence-electron chi connectivity index (χ1n) is 20.4. The first-order chi connectivity index (χ1) is 28.8. The summed E-state index contributed by atoms with van der Waals surface area (Å²) >= 11 is 0. The number of benzene rings is 2. The molecule has 4 aliphatic rings. The minimum Gasteiger partial charge on any atom is -0.371 e. The van der Waals surface area contributed by atoms with Crippen LogP contribution in [0.15, 0.2) is 66.5 Å². The Morgan fingerprint density at radius 1 is 0.864 bits per heavy atom. The van der Waals surface area contributed by atoms with Crippen LogP contribution in [0.3, 0.4) is 0 Å². The van der Waals surface area contributed by atoms with Gasteiger partial charge >= 0.3 is 0 Å². The van der Waals surface area contributed by atoms with E-state index in [2.05, 4.69) is 31.8 Å². The SMILES string of the molecule is O=C=C1CCC(c2c(F)cc(N3CCC(C(=O)N4CCC(n5cc6cc(NC(=O)c7cccn8cnnc78)c(N7CCCCC7)cc6n5)CC4)CC3)cc2F)C(=C=O)N1. The van der Waals surface area contributed by atoms with E-state index >= 15 is 8.78 Å². The number of rotatable bonds is 7. The summed E-state index contributed by atoms with van der Waals surface area (Å²) < 4.78 is 34.6. The molecule has 0 aliphatic carbocycles. The zero-order valence-electron chi connectivity index (χ0n) is 32.5. The highest BCUT2D eigenvalue weighted by molar-refractivity contribution is 6.10. The lowest BCUT2D eigenvalue weighted by Crippen LogP contribution is -2.45. The topological polar surface area (TPSA) is 150 Å². The van der Waals surface area contributed by atoms with Gasteiger partial charge in [-0.25, -0.2) is 18.4 Å². The van der Waals surface area contributed by atoms with Crippen molar-refractivity contribution >= 4 is 57.3 Å². The van der Waals surface area contributed by atoms with Crippen LogP contribution < -0.4 is 20.4 Å². The lowest BCUT2D eigenvalue weighted by molar-refractivity contribution is -0.137. The number of carbonyl (C=O) groups excluding carboxylic acids is 4. The summed E-state index contributed by atoms with van der Waals surface area (Å²) in [5.41, 5.74) is 3.67. The van der Waals surface area contributed by atoms with Crippen molar-refractivity contribution in [2.75, 3.05) is 54.4 Å². The lowest BCUT2D eigenvalue weighted by Gasteiger charge is -2.38. The average Bonchev–Trinajstić information content (AvgIpc) is 3.93. The second kappa shape index (κ2) is 16.1. The van der Waals surface area contributed by atoms with Gasteiger partial charge < -0.3 is 25.3 Å². The van der Waals surface area contributed by atoms with Crippen LogP contribution in [0, 0.1) is 17.6 Å². The molecule has 16 heteroatoms. The van der Waals surface area contributed by atoms with E-state index in [1.807, 2.05) is 26.7 Å². The maximum absolute atomic E-state index is 15.4. The highest BCUT2D eigenvalue weighted by Gasteiger charge is 2.34. The molecule has 59 heavy (non-hydrogen) atoms. The van der Waals surface area contributed by atoms with Gasteiger partial charge in [0.2, 0.25) is 5.91 Å². The number of pyridine rings is 1. The smallest absolute Gasteiger partial charge is 0.259 e. The number of carbonyl (C=O) groups is 2. The molecule has 2 amide bonds. The Bertz CT molecular complexity index is 2510. The van der Waals surface area contributed by atoms with Crippen molar-refractivity contribution in [1.29, 1.82) is 0 Å². The van der Waals surface area contributed by atoms with Crippen LogP contribution in [0.25, 0.3) is 16.6 Å². The Kier molecular flexibility index (Phi) is 10.4. The fourth-order valence-corrected chi connectivity index (χ4v) is 9.27. The molecule has 0 saturated carbocycles. The van der Waals surface area contributed by atoms with Crippen LogP contribution >= 0.6 is 0 Å². The molecule has 3 aromatic heterocycles. The van der Waals surface area contributed by atoms with Gasteiger partial charge in [-0.3, -0.25) is 18.7 Å². The predicted molar refractivity (Wildman–Crippen MR) is 216 cm³/mol. The van der Waals surface area contributed by atoms with Crippen LogP contribution in [0.2, 0.25) is 0 Å². The van der Waals surface area contributed by atoms with Crippen molar-refractivity contribution < 1.29 is 28.0 Å². The molecule has 0 radical (unpaired) electrons. The Balaban J connectivity index is 0.836. The minimum absolute atomic E-state index is 0.0842. The van der Waals surface area contributed by atoms with Crippen molar-refractivity contribution in [3.05, 3.63) is 89.3 Å². The van der Waals surface area contributed by atoms with Crippen LogP contribution in [-0.4, -0.2) is 92.2 Å². The van der Waals surface area contributed by atoms with Gasteiger partial charge in [-0.1, -0.05) is 0 Å². The number of fused-ring (bicyclic) bond motifs is 2. The molecule has 1 unspecified atom stereocenters. The van der Waals surface area contributed by atoms with E-state index in [9.17, 15) is 19.2 Å². The van der Waals surface area contributed by atoms with E-state index in [0.717, 1.165) is 61.1 Å². The molecule has 5 aromatic rings. The van der Waals surface area contributed by atoms with Crippen molar-refractivity contribution in [1.82, 2.24) is 34.6 Å². The highest BCUT2D eigenvalue weighted by atomic mass is 19.1. The number of piperidine rings is 4. The molecular formula is C43H44F2N10O4. The van der Waals surface area contributed by atoms with E-state index < -0.39 is 17.6 Å². The second-order valence-electron chi connectivity index (χ2n) is 16.0. The largest absolute Gasteiger partial charge is 0.371 e. The Morgan fingerprint density at radius 2 is 1.63 bits per heavy atom. The monoisotopic (exact) mass is 802 g/mol. The number of hydrogen-bond acceptors (Lipinski definition) is 10. The molecule has 14 nitrogen and oxygen atoms in total. The van der Waals surface area contributed by atoms with Crippen molar-refractivity contribution in [3.63, 3.8) is 0 Å². The quantitative estimate of drug-likeness (QED) is 0.200. The van der Waals surface area contributed by atoms with Crippen molar-refractivity contribution in [2.45, 2.75) is 69.7 Å². The molecule has 1 atom stereocenters. The van der Waals surface area contributed by atoms with Gasteiger partial charge in [0.25, 0.3) is 5.91 Å². The molecular weight excluding hydrogens is 759 g/mol. The second-order valence-corrected chi connectivity index (χ2v) is 16.0. The molecule has 2 N–H and O–H groups in total. The Morgan fingerprint density at radius 3 is 2.36 bits per heavy atom. The molecule has 4 saturated heterocycles. The summed E-state index contributed by atoms with van der Waals surface area (Å²) in [6.07, 6.45) is 11.8. The number of allylic oxidation sites excluding steroid dienone is 2.